The summed E-state index contributed by atoms with van der Waals surface area (Å²) in [7, 11) is 1.63. The van der Waals surface area contributed by atoms with E-state index in [9.17, 15) is 5.11 Å². The molecule has 0 spiro atoms. The van der Waals surface area contributed by atoms with E-state index in [1.54, 1.807) is 7.11 Å². The molecule has 18 heavy (non-hydrogen) atoms. The summed E-state index contributed by atoms with van der Waals surface area (Å²) in [6.07, 6.45) is 0.192. The molecule has 2 aromatic carbocycles. The first-order valence-electron chi connectivity index (χ1n) is 6.17. The van der Waals surface area contributed by atoms with E-state index in [1.807, 2.05) is 43.3 Å². The van der Waals surface area contributed by atoms with E-state index >= 15 is 0 Å². The number of rotatable bonds is 4. The Balaban J connectivity index is 2.46. The van der Waals surface area contributed by atoms with Gasteiger partial charge in [0.25, 0.3) is 0 Å². The van der Waals surface area contributed by atoms with Crippen LogP contribution in [0.4, 0.5) is 0 Å². The van der Waals surface area contributed by atoms with Gasteiger partial charge in [0.05, 0.1) is 13.2 Å². The highest BCUT2D eigenvalue weighted by Gasteiger charge is 2.12. The first-order valence-corrected chi connectivity index (χ1v) is 6.17. The highest BCUT2D eigenvalue weighted by molar-refractivity contribution is 5.65. The van der Waals surface area contributed by atoms with Crippen molar-refractivity contribution in [1.82, 2.24) is 0 Å². The van der Waals surface area contributed by atoms with Crippen molar-refractivity contribution < 1.29 is 9.84 Å². The predicted molar refractivity (Wildman–Crippen MR) is 73.7 cm³/mol. The maximum atomic E-state index is 10.0. The Morgan fingerprint density at radius 3 is 2.39 bits per heavy atom. The monoisotopic (exact) mass is 242 g/mol. The summed E-state index contributed by atoms with van der Waals surface area (Å²) in [5.74, 6) is 0.740. The molecule has 0 aliphatic carbocycles. The molecule has 0 bridgehead atoms. The Bertz CT molecular complexity index is 506. The maximum absolute atomic E-state index is 10.0. The number of hydrogen-bond acceptors (Lipinski definition) is 2. The van der Waals surface area contributed by atoms with Crippen molar-refractivity contribution in [2.75, 3.05) is 7.11 Å². The Morgan fingerprint density at radius 2 is 1.78 bits per heavy atom. The van der Waals surface area contributed by atoms with Crippen LogP contribution in [0.3, 0.4) is 0 Å². The van der Waals surface area contributed by atoms with Crippen molar-refractivity contribution in [3.05, 3.63) is 54.1 Å². The first kappa shape index (κ1) is 12.7. The van der Waals surface area contributed by atoms with Gasteiger partial charge < -0.3 is 9.84 Å². The first-order chi connectivity index (χ1) is 8.76. The molecule has 0 heterocycles. The van der Waals surface area contributed by atoms with E-state index in [4.69, 9.17) is 4.74 Å². The molecule has 0 fully saturated rings. The minimum absolute atomic E-state index is 0.483. The lowest BCUT2D eigenvalue weighted by Crippen LogP contribution is -1.99. The molecule has 94 valence electrons. The molecule has 1 N–H and O–H groups in total. The summed E-state index contributed by atoms with van der Waals surface area (Å²) in [5, 5.41) is 10.0. The van der Waals surface area contributed by atoms with Crippen LogP contribution >= 0.6 is 0 Å². The quantitative estimate of drug-likeness (QED) is 0.883. The Labute approximate surface area is 108 Å². The molecule has 2 heteroatoms. The molecule has 0 aliphatic heterocycles. The van der Waals surface area contributed by atoms with Gasteiger partial charge in [-0.2, -0.15) is 0 Å². The van der Waals surface area contributed by atoms with Gasteiger partial charge in [-0.25, -0.2) is 0 Å². The van der Waals surface area contributed by atoms with Crippen LogP contribution < -0.4 is 4.74 Å². The normalized spacial score (nSPS) is 12.2. The third-order valence-corrected chi connectivity index (χ3v) is 3.08. The van der Waals surface area contributed by atoms with Crippen molar-refractivity contribution in [3.63, 3.8) is 0 Å². The third kappa shape index (κ3) is 2.54. The van der Waals surface area contributed by atoms with E-state index in [1.165, 1.54) is 0 Å². The van der Waals surface area contributed by atoms with Crippen LogP contribution in [0.25, 0.3) is 11.1 Å². The van der Waals surface area contributed by atoms with Crippen LogP contribution in [0.1, 0.15) is 25.0 Å². The summed E-state index contributed by atoms with van der Waals surface area (Å²) in [5.41, 5.74) is 3.09. The molecule has 0 radical (unpaired) electrons. The molecule has 2 nitrogen and oxygen atoms in total. The largest absolute Gasteiger partial charge is 0.496 e. The van der Waals surface area contributed by atoms with Crippen LogP contribution in [-0.2, 0) is 0 Å². The van der Waals surface area contributed by atoms with Gasteiger partial charge in [0, 0.05) is 5.56 Å². The molecule has 0 amide bonds. The molecule has 2 rings (SSSR count). The maximum Gasteiger partial charge on any atom is 0.124 e. The zero-order valence-corrected chi connectivity index (χ0v) is 10.8. The second-order valence-electron chi connectivity index (χ2n) is 4.25. The number of methoxy groups -OCH3 is 1. The number of hydrogen-bond donors (Lipinski definition) is 1. The van der Waals surface area contributed by atoms with Crippen molar-refractivity contribution in [3.8, 4) is 16.9 Å². The van der Waals surface area contributed by atoms with Gasteiger partial charge in [-0.1, -0.05) is 43.3 Å². The van der Waals surface area contributed by atoms with Crippen LogP contribution in [0.2, 0.25) is 0 Å². The summed E-state index contributed by atoms with van der Waals surface area (Å²) in [6, 6.07) is 16.1. The Kier molecular flexibility index (Phi) is 4.00. The van der Waals surface area contributed by atoms with Gasteiger partial charge >= 0.3 is 0 Å². The smallest absolute Gasteiger partial charge is 0.124 e. The minimum atomic E-state index is -0.483. The highest BCUT2D eigenvalue weighted by atomic mass is 16.5. The van der Waals surface area contributed by atoms with Crippen molar-refractivity contribution in [2.45, 2.75) is 19.4 Å². The zero-order valence-electron chi connectivity index (χ0n) is 10.8. The van der Waals surface area contributed by atoms with Gasteiger partial charge in [0.15, 0.2) is 0 Å². The van der Waals surface area contributed by atoms with Crippen LogP contribution in [0.15, 0.2) is 48.5 Å². The van der Waals surface area contributed by atoms with Gasteiger partial charge in [-0.3, -0.25) is 0 Å². The summed E-state index contributed by atoms with van der Waals surface area (Å²) < 4.78 is 5.30. The molecule has 0 aliphatic rings. The predicted octanol–water partition coefficient (Wildman–Crippen LogP) is 3.81. The van der Waals surface area contributed by atoms with Gasteiger partial charge in [-0.15, -0.1) is 0 Å². The number of benzene rings is 2. The summed E-state index contributed by atoms with van der Waals surface area (Å²) in [6.45, 7) is 1.96. The Hall–Kier alpha value is -1.80. The highest BCUT2D eigenvalue weighted by Crippen LogP contribution is 2.31. The van der Waals surface area contributed by atoms with Crippen molar-refractivity contribution >= 4 is 0 Å². The molecule has 2 aromatic rings. The lowest BCUT2D eigenvalue weighted by molar-refractivity contribution is 0.169. The zero-order chi connectivity index (χ0) is 13.0. The fourth-order valence-corrected chi connectivity index (χ4v) is 2.02. The van der Waals surface area contributed by atoms with E-state index in [0.717, 1.165) is 22.4 Å². The lowest BCUT2D eigenvalue weighted by atomic mass is 9.99. The SMILES string of the molecule is CC[C@H](O)c1cc(-c2ccccc2)ccc1OC. The molecular formula is C16H18O2. The molecule has 0 saturated heterocycles. The van der Waals surface area contributed by atoms with Crippen LogP contribution in [0, 0.1) is 0 Å². The molecule has 0 unspecified atom stereocenters. The second kappa shape index (κ2) is 5.69. The number of aliphatic hydroxyl groups excluding tert-OH is 1. The average molecular weight is 242 g/mol. The van der Waals surface area contributed by atoms with Crippen molar-refractivity contribution in [2.24, 2.45) is 0 Å². The summed E-state index contributed by atoms with van der Waals surface area (Å²) >= 11 is 0. The van der Waals surface area contributed by atoms with E-state index in [0.29, 0.717) is 6.42 Å². The fourth-order valence-electron chi connectivity index (χ4n) is 2.02. The number of ether oxygens (including phenoxy) is 1. The molecule has 0 saturated carbocycles. The minimum Gasteiger partial charge on any atom is -0.496 e. The standard InChI is InChI=1S/C16H18O2/c1-3-15(17)14-11-13(9-10-16(14)18-2)12-7-5-4-6-8-12/h4-11,15,17H,3H2,1-2H3/t15-/m0/s1. The second-order valence-corrected chi connectivity index (χ2v) is 4.25. The van der Waals surface area contributed by atoms with E-state index in [2.05, 4.69) is 12.1 Å². The van der Waals surface area contributed by atoms with Gasteiger partial charge in [0.1, 0.15) is 5.75 Å². The van der Waals surface area contributed by atoms with Gasteiger partial charge in [0.2, 0.25) is 0 Å². The summed E-state index contributed by atoms with van der Waals surface area (Å²) in [4.78, 5) is 0. The average Bonchev–Trinajstić information content (AvgIpc) is 2.46. The third-order valence-electron chi connectivity index (χ3n) is 3.08. The van der Waals surface area contributed by atoms with Gasteiger partial charge in [-0.05, 0) is 29.7 Å². The van der Waals surface area contributed by atoms with Crippen LogP contribution in [0.5, 0.6) is 5.75 Å². The van der Waals surface area contributed by atoms with E-state index < -0.39 is 6.10 Å². The topological polar surface area (TPSA) is 29.5 Å². The van der Waals surface area contributed by atoms with Crippen molar-refractivity contribution in [1.29, 1.82) is 0 Å². The Morgan fingerprint density at radius 1 is 1.06 bits per heavy atom. The van der Waals surface area contributed by atoms with E-state index in [-0.39, 0.29) is 0 Å². The number of aliphatic hydroxyl groups is 1. The van der Waals surface area contributed by atoms with Crippen LogP contribution in [-0.4, -0.2) is 12.2 Å². The fraction of sp³-hybridized carbons (Fsp3) is 0.250. The molecule has 1 atom stereocenters. The lowest BCUT2D eigenvalue weighted by Gasteiger charge is -2.15. The molecular weight excluding hydrogens is 224 g/mol. The molecule has 0 aromatic heterocycles.